The van der Waals surface area contributed by atoms with E-state index in [2.05, 4.69) is 15.4 Å². The predicted molar refractivity (Wildman–Crippen MR) is 80.3 cm³/mol. The summed E-state index contributed by atoms with van der Waals surface area (Å²) in [6.45, 7) is 0.104. The summed E-state index contributed by atoms with van der Waals surface area (Å²) in [5.74, 6) is -0.990. The first-order valence-electron chi connectivity index (χ1n) is 6.02. The van der Waals surface area contributed by atoms with E-state index in [1.807, 2.05) is 0 Å². The van der Waals surface area contributed by atoms with Crippen molar-refractivity contribution in [1.29, 1.82) is 0 Å². The number of esters is 1. The molecule has 0 aliphatic carbocycles. The van der Waals surface area contributed by atoms with Crippen LogP contribution in [0, 0.1) is 0 Å². The van der Waals surface area contributed by atoms with Crippen molar-refractivity contribution in [2.45, 2.75) is 6.42 Å². The molecular formula is C13H18ClN3O4. The van der Waals surface area contributed by atoms with E-state index in [1.165, 1.54) is 7.11 Å². The maximum absolute atomic E-state index is 11.7. The fourth-order valence-electron chi connectivity index (χ4n) is 1.40. The summed E-state index contributed by atoms with van der Waals surface area (Å²) < 4.78 is 4.46. The van der Waals surface area contributed by atoms with Gasteiger partial charge in [0.25, 0.3) is 5.91 Å². The maximum atomic E-state index is 11.7. The maximum Gasteiger partial charge on any atom is 0.307 e. The van der Waals surface area contributed by atoms with Gasteiger partial charge in [-0.05, 0) is 24.3 Å². The molecule has 1 aromatic carbocycles. The molecule has 0 radical (unpaired) electrons. The molecular weight excluding hydrogens is 298 g/mol. The number of benzene rings is 1. The van der Waals surface area contributed by atoms with Crippen molar-refractivity contribution in [3.63, 3.8) is 0 Å². The molecule has 0 fully saturated rings. The Morgan fingerprint density at radius 3 is 2.33 bits per heavy atom. The smallest absolute Gasteiger partial charge is 0.307 e. The zero-order chi connectivity index (χ0) is 15.0. The number of nitrogens with two attached hydrogens (primary N) is 1. The minimum atomic E-state index is -0.384. The summed E-state index contributed by atoms with van der Waals surface area (Å²) in [4.78, 5) is 33.7. The Morgan fingerprint density at radius 2 is 1.81 bits per heavy atom. The van der Waals surface area contributed by atoms with Crippen LogP contribution in [-0.4, -0.2) is 38.0 Å². The average Bonchev–Trinajstić information content (AvgIpc) is 2.47. The van der Waals surface area contributed by atoms with Crippen LogP contribution >= 0.6 is 12.4 Å². The molecule has 0 saturated heterocycles. The third-order valence-corrected chi connectivity index (χ3v) is 2.46. The monoisotopic (exact) mass is 315 g/mol. The first-order valence-corrected chi connectivity index (χ1v) is 6.02. The van der Waals surface area contributed by atoms with Gasteiger partial charge < -0.3 is 21.1 Å². The standard InChI is InChI=1S/C13H17N3O4.ClH/c1-20-12(18)6-7-15-13(19)9-2-4-10(5-3-9)16-11(17)8-14;/h2-5H,6-8,14H2,1H3,(H,15,19)(H,16,17);1H. The lowest BCUT2D eigenvalue weighted by molar-refractivity contribution is -0.140. The minimum Gasteiger partial charge on any atom is -0.469 e. The van der Waals surface area contributed by atoms with Crippen LogP contribution in [0.25, 0.3) is 0 Å². The van der Waals surface area contributed by atoms with Crippen LogP contribution in [0.4, 0.5) is 5.69 Å². The molecule has 116 valence electrons. The lowest BCUT2D eigenvalue weighted by atomic mass is 10.2. The van der Waals surface area contributed by atoms with Crippen molar-refractivity contribution in [3.05, 3.63) is 29.8 Å². The second kappa shape index (κ2) is 9.73. The zero-order valence-electron chi connectivity index (χ0n) is 11.5. The molecule has 0 bridgehead atoms. The normalized spacial score (nSPS) is 9.24. The van der Waals surface area contributed by atoms with E-state index in [0.717, 1.165) is 0 Å². The van der Waals surface area contributed by atoms with Gasteiger partial charge in [0.05, 0.1) is 20.1 Å². The summed E-state index contributed by atoms with van der Waals surface area (Å²) in [5, 5.41) is 5.16. The van der Waals surface area contributed by atoms with Crippen LogP contribution < -0.4 is 16.4 Å². The van der Waals surface area contributed by atoms with Crippen LogP contribution in [0.1, 0.15) is 16.8 Å². The summed E-state index contributed by atoms with van der Waals surface area (Å²) >= 11 is 0. The quantitative estimate of drug-likeness (QED) is 0.654. The largest absolute Gasteiger partial charge is 0.469 e. The topological polar surface area (TPSA) is 111 Å². The van der Waals surface area contributed by atoms with E-state index < -0.39 is 0 Å². The molecule has 1 aromatic rings. The molecule has 8 heteroatoms. The van der Waals surface area contributed by atoms with Gasteiger partial charge in [0.15, 0.2) is 0 Å². The SMILES string of the molecule is COC(=O)CCNC(=O)c1ccc(NC(=O)CN)cc1.Cl. The molecule has 1 rings (SSSR count). The van der Waals surface area contributed by atoms with Crippen LogP contribution in [-0.2, 0) is 14.3 Å². The lowest BCUT2D eigenvalue weighted by Crippen LogP contribution is -2.26. The van der Waals surface area contributed by atoms with Gasteiger partial charge in [-0.15, -0.1) is 12.4 Å². The van der Waals surface area contributed by atoms with Crippen LogP contribution in [0.2, 0.25) is 0 Å². The van der Waals surface area contributed by atoms with Crippen molar-refractivity contribution in [1.82, 2.24) is 5.32 Å². The first-order chi connectivity index (χ1) is 9.56. The van der Waals surface area contributed by atoms with Gasteiger partial charge in [-0.2, -0.15) is 0 Å². The van der Waals surface area contributed by atoms with Crippen molar-refractivity contribution in [2.24, 2.45) is 5.73 Å². The number of rotatable bonds is 6. The summed E-state index contributed by atoms with van der Waals surface area (Å²) in [6, 6.07) is 6.34. The molecule has 7 nitrogen and oxygen atoms in total. The number of carbonyl (C=O) groups excluding carboxylic acids is 3. The Kier molecular flexibility index (Phi) is 8.75. The molecule has 0 heterocycles. The number of ether oxygens (including phenoxy) is 1. The summed E-state index contributed by atoms with van der Waals surface area (Å²) in [5.41, 5.74) is 6.17. The fourth-order valence-corrected chi connectivity index (χ4v) is 1.40. The van der Waals surface area contributed by atoms with Gasteiger partial charge in [-0.3, -0.25) is 14.4 Å². The van der Waals surface area contributed by atoms with Crippen LogP contribution in [0.3, 0.4) is 0 Å². The van der Waals surface area contributed by atoms with Crippen molar-refractivity contribution >= 4 is 35.9 Å². The molecule has 0 spiro atoms. The highest BCUT2D eigenvalue weighted by Crippen LogP contribution is 2.09. The highest BCUT2D eigenvalue weighted by molar-refractivity contribution is 5.96. The number of methoxy groups -OCH3 is 1. The van der Waals surface area contributed by atoms with Gasteiger partial charge in [0.1, 0.15) is 0 Å². The van der Waals surface area contributed by atoms with Gasteiger partial charge in [0.2, 0.25) is 5.91 Å². The number of nitrogens with one attached hydrogen (secondary N) is 2. The van der Waals surface area contributed by atoms with Crippen molar-refractivity contribution in [2.75, 3.05) is 25.5 Å². The number of hydrogen-bond donors (Lipinski definition) is 3. The van der Waals surface area contributed by atoms with Gasteiger partial charge in [-0.1, -0.05) is 0 Å². The van der Waals surface area contributed by atoms with Crippen LogP contribution in [0.15, 0.2) is 24.3 Å². The highest BCUT2D eigenvalue weighted by Gasteiger charge is 2.07. The number of hydrogen-bond acceptors (Lipinski definition) is 5. The fraction of sp³-hybridized carbons (Fsp3) is 0.308. The summed E-state index contributed by atoms with van der Waals surface area (Å²) in [6.07, 6.45) is 0.118. The molecule has 0 saturated carbocycles. The third-order valence-electron chi connectivity index (χ3n) is 2.46. The van der Waals surface area contributed by atoms with E-state index in [-0.39, 0.29) is 49.7 Å². The van der Waals surface area contributed by atoms with E-state index in [1.54, 1.807) is 24.3 Å². The Balaban J connectivity index is 0.00000400. The van der Waals surface area contributed by atoms with E-state index >= 15 is 0 Å². The molecule has 0 aliphatic heterocycles. The Hall–Kier alpha value is -2.12. The molecule has 0 unspecified atom stereocenters. The molecule has 0 atom stereocenters. The van der Waals surface area contributed by atoms with Gasteiger partial charge in [-0.25, -0.2) is 0 Å². The summed E-state index contributed by atoms with van der Waals surface area (Å²) in [7, 11) is 1.29. The van der Waals surface area contributed by atoms with Crippen molar-refractivity contribution in [3.8, 4) is 0 Å². The lowest BCUT2D eigenvalue weighted by Gasteiger charge is -2.06. The molecule has 2 amide bonds. The molecule has 0 aromatic heterocycles. The second-order valence-corrected chi connectivity index (χ2v) is 3.91. The third kappa shape index (κ3) is 6.73. The first kappa shape index (κ1) is 18.9. The number of halogens is 1. The number of carbonyl (C=O) groups is 3. The van der Waals surface area contributed by atoms with Crippen LogP contribution in [0.5, 0.6) is 0 Å². The Morgan fingerprint density at radius 1 is 1.19 bits per heavy atom. The van der Waals surface area contributed by atoms with E-state index in [0.29, 0.717) is 11.3 Å². The minimum absolute atomic E-state index is 0. The van der Waals surface area contributed by atoms with Gasteiger partial charge in [0, 0.05) is 17.8 Å². The Bertz CT molecular complexity index is 491. The molecule has 0 aliphatic rings. The number of anilines is 1. The zero-order valence-corrected chi connectivity index (χ0v) is 12.4. The van der Waals surface area contributed by atoms with Gasteiger partial charge >= 0.3 is 5.97 Å². The predicted octanol–water partition coefficient (Wildman–Crippen LogP) is 0.299. The van der Waals surface area contributed by atoms with E-state index in [9.17, 15) is 14.4 Å². The average molecular weight is 316 g/mol. The Labute approximate surface area is 128 Å². The van der Waals surface area contributed by atoms with Crippen molar-refractivity contribution < 1.29 is 19.1 Å². The highest BCUT2D eigenvalue weighted by atomic mass is 35.5. The molecule has 21 heavy (non-hydrogen) atoms. The molecule has 4 N–H and O–H groups in total. The second-order valence-electron chi connectivity index (χ2n) is 3.91. The van der Waals surface area contributed by atoms with E-state index in [4.69, 9.17) is 5.73 Å². The number of amides is 2.